The Labute approximate surface area is 151 Å². The maximum absolute atomic E-state index is 12.3. The van der Waals surface area contributed by atoms with E-state index in [0.29, 0.717) is 28.6 Å². The molecule has 0 saturated heterocycles. The second-order valence-electron chi connectivity index (χ2n) is 5.82. The number of anilines is 1. The molecular formula is C19H18ClN3O2. The lowest BCUT2D eigenvalue weighted by Crippen LogP contribution is -2.23. The summed E-state index contributed by atoms with van der Waals surface area (Å²) in [5.41, 5.74) is 3.11. The fourth-order valence-corrected chi connectivity index (χ4v) is 2.47. The van der Waals surface area contributed by atoms with E-state index >= 15 is 0 Å². The number of hydrogen-bond acceptors (Lipinski definition) is 4. The summed E-state index contributed by atoms with van der Waals surface area (Å²) in [7, 11) is 3.87. The molecule has 6 heteroatoms. The highest BCUT2D eigenvalue weighted by Crippen LogP contribution is 2.22. The lowest BCUT2D eigenvalue weighted by Gasteiger charge is -2.13. The molecule has 2 aromatic carbocycles. The zero-order valence-electron chi connectivity index (χ0n) is 14.0. The Morgan fingerprint density at radius 2 is 1.92 bits per heavy atom. The van der Waals surface area contributed by atoms with Crippen molar-refractivity contribution in [2.45, 2.75) is 6.54 Å². The standard InChI is InChI=1S/C19H18ClN3O2/c1-23(2)17-5-3-4-14(10-17)19(24)21-12-16-11-18(25-22-16)13-6-8-15(20)9-7-13/h3-11H,12H2,1-2H3,(H,21,24). The average molecular weight is 356 g/mol. The van der Waals surface area contributed by atoms with Crippen molar-refractivity contribution in [1.29, 1.82) is 0 Å². The van der Waals surface area contributed by atoms with Gasteiger partial charge in [0.2, 0.25) is 0 Å². The van der Waals surface area contributed by atoms with Gasteiger partial charge in [0.15, 0.2) is 5.76 Å². The summed E-state index contributed by atoms with van der Waals surface area (Å²) in [4.78, 5) is 14.3. The lowest BCUT2D eigenvalue weighted by atomic mass is 10.1. The normalized spacial score (nSPS) is 10.5. The highest BCUT2D eigenvalue weighted by Gasteiger charge is 2.10. The molecule has 0 spiro atoms. The average Bonchev–Trinajstić information content (AvgIpc) is 3.09. The van der Waals surface area contributed by atoms with Crippen molar-refractivity contribution in [2.75, 3.05) is 19.0 Å². The Balaban J connectivity index is 1.65. The number of carbonyl (C=O) groups excluding carboxylic acids is 1. The number of aromatic nitrogens is 1. The number of benzene rings is 2. The SMILES string of the molecule is CN(C)c1cccc(C(=O)NCc2cc(-c3ccc(Cl)cc3)on2)c1. The van der Waals surface area contributed by atoms with Crippen molar-refractivity contribution in [3.63, 3.8) is 0 Å². The molecule has 128 valence electrons. The molecule has 0 aliphatic rings. The summed E-state index contributed by atoms with van der Waals surface area (Å²) in [6.07, 6.45) is 0. The largest absolute Gasteiger partial charge is 0.378 e. The minimum Gasteiger partial charge on any atom is -0.378 e. The van der Waals surface area contributed by atoms with E-state index in [1.165, 1.54) is 0 Å². The third-order valence-electron chi connectivity index (χ3n) is 3.74. The molecule has 0 aliphatic carbocycles. The van der Waals surface area contributed by atoms with Crippen LogP contribution < -0.4 is 10.2 Å². The first-order valence-corrected chi connectivity index (χ1v) is 8.18. The molecule has 1 heterocycles. The highest BCUT2D eigenvalue weighted by molar-refractivity contribution is 6.30. The van der Waals surface area contributed by atoms with Crippen molar-refractivity contribution in [1.82, 2.24) is 10.5 Å². The molecule has 0 aliphatic heterocycles. The molecule has 5 nitrogen and oxygen atoms in total. The maximum atomic E-state index is 12.3. The Morgan fingerprint density at radius 3 is 2.64 bits per heavy atom. The zero-order chi connectivity index (χ0) is 17.8. The molecular weight excluding hydrogens is 338 g/mol. The summed E-state index contributed by atoms with van der Waals surface area (Å²) in [5, 5.41) is 7.51. The van der Waals surface area contributed by atoms with Crippen LogP contribution in [-0.4, -0.2) is 25.2 Å². The van der Waals surface area contributed by atoms with Gasteiger partial charge in [-0.2, -0.15) is 0 Å². The summed E-state index contributed by atoms with van der Waals surface area (Å²) < 4.78 is 5.33. The summed E-state index contributed by atoms with van der Waals surface area (Å²) in [5.74, 6) is 0.482. The molecule has 3 aromatic rings. The van der Waals surface area contributed by atoms with Crippen LogP contribution in [0.15, 0.2) is 59.1 Å². The third kappa shape index (κ3) is 4.19. The third-order valence-corrected chi connectivity index (χ3v) is 3.99. The van der Waals surface area contributed by atoms with Crippen LogP contribution in [0, 0.1) is 0 Å². The summed E-state index contributed by atoms with van der Waals surface area (Å²) in [6.45, 7) is 0.294. The summed E-state index contributed by atoms with van der Waals surface area (Å²) in [6, 6.07) is 16.5. The van der Waals surface area contributed by atoms with Gasteiger partial charge in [0.25, 0.3) is 5.91 Å². The van der Waals surface area contributed by atoms with Gasteiger partial charge in [-0.3, -0.25) is 4.79 Å². The second-order valence-corrected chi connectivity index (χ2v) is 6.25. The van der Waals surface area contributed by atoms with E-state index in [-0.39, 0.29) is 5.91 Å². The molecule has 25 heavy (non-hydrogen) atoms. The summed E-state index contributed by atoms with van der Waals surface area (Å²) >= 11 is 5.88. The predicted octanol–water partition coefficient (Wildman–Crippen LogP) is 3.99. The van der Waals surface area contributed by atoms with Crippen molar-refractivity contribution in [3.05, 3.63) is 70.9 Å². The van der Waals surface area contributed by atoms with E-state index in [4.69, 9.17) is 16.1 Å². The first kappa shape index (κ1) is 17.0. The molecule has 0 unspecified atom stereocenters. The van der Waals surface area contributed by atoms with Crippen LogP contribution in [0.4, 0.5) is 5.69 Å². The number of hydrogen-bond donors (Lipinski definition) is 1. The topological polar surface area (TPSA) is 58.4 Å². The Morgan fingerprint density at radius 1 is 1.16 bits per heavy atom. The molecule has 3 rings (SSSR count). The van der Waals surface area contributed by atoms with E-state index in [1.54, 1.807) is 24.3 Å². The lowest BCUT2D eigenvalue weighted by molar-refractivity contribution is 0.0950. The molecule has 0 saturated carbocycles. The van der Waals surface area contributed by atoms with Gasteiger partial charge in [0, 0.05) is 42.0 Å². The second kappa shape index (κ2) is 7.40. The number of nitrogens with zero attached hydrogens (tertiary/aromatic N) is 2. The van der Waals surface area contributed by atoms with E-state index in [0.717, 1.165) is 11.3 Å². The molecule has 1 N–H and O–H groups in total. The maximum Gasteiger partial charge on any atom is 0.251 e. The molecule has 0 bridgehead atoms. The zero-order valence-corrected chi connectivity index (χ0v) is 14.7. The smallest absolute Gasteiger partial charge is 0.251 e. The number of halogens is 1. The van der Waals surface area contributed by atoms with E-state index < -0.39 is 0 Å². The van der Waals surface area contributed by atoms with Crippen LogP contribution >= 0.6 is 11.6 Å². The molecule has 1 aromatic heterocycles. The molecule has 0 fully saturated rings. The van der Waals surface area contributed by atoms with Crippen molar-refractivity contribution in [2.24, 2.45) is 0 Å². The monoisotopic (exact) mass is 355 g/mol. The van der Waals surface area contributed by atoms with Crippen molar-refractivity contribution >= 4 is 23.2 Å². The van der Waals surface area contributed by atoms with Crippen LogP contribution in [0.1, 0.15) is 16.1 Å². The van der Waals surface area contributed by atoms with Crippen molar-refractivity contribution in [3.8, 4) is 11.3 Å². The van der Waals surface area contributed by atoms with Gasteiger partial charge < -0.3 is 14.7 Å². The van der Waals surface area contributed by atoms with E-state index in [2.05, 4.69) is 10.5 Å². The van der Waals surface area contributed by atoms with Gasteiger partial charge >= 0.3 is 0 Å². The van der Waals surface area contributed by atoms with Gasteiger partial charge in [-0.15, -0.1) is 0 Å². The van der Waals surface area contributed by atoms with Gasteiger partial charge in [-0.05, 0) is 42.5 Å². The van der Waals surface area contributed by atoms with Crippen LogP contribution in [0.5, 0.6) is 0 Å². The minimum atomic E-state index is -0.153. The van der Waals surface area contributed by atoms with Gasteiger partial charge in [-0.25, -0.2) is 0 Å². The molecule has 1 amide bonds. The minimum absolute atomic E-state index is 0.153. The molecule has 0 atom stereocenters. The van der Waals surface area contributed by atoms with Gasteiger partial charge in [0.1, 0.15) is 5.69 Å². The number of rotatable bonds is 5. The first-order valence-electron chi connectivity index (χ1n) is 7.80. The van der Waals surface area contributed by atoms with Crippen LogP contribution in [0.25, 0.3) is 11.3 Å². The fraction of sp³-hybridized carbons (Fsp3) is 0.158. The Kier molecular flexibility index (Phi) is 5.05. The Hall–Kier alpha value is -2.79. The molecule has 0 radical (unpaired) electrons. The van der Waals surface area contributed by atoms with Gasteiger partial charge in [-0.1, -0.05) is 22.8 Å². The van der Waals surface area contributed by atoms with Crippen molar-refractivity contribution < 1.29 is 9.32 Å². The van der Waals surface area contributed by atoms with Crippen LogP contribution in [0.3, 0.4) is 0 Å². The van der Waals surface area contributed by atoms with Crippen LogP contribution in [0.2, 0.25) is 5.02 Å². The first-order chi connectivity index (χ1) is 12.0. The van der Waals surface area contributed by atoms with Crippen LogP contribution in [-0.2, 0) is 6.54 Å². The number of amides is 1. The number of carbonyl (C=O) groups is 1. The van der Waals surface area contributed by atoms with E-state index in [9.17, 15) is 4.79 Å². The highest BCUT2D eigenvalue weighted by atomic mass is 35.5. The fourth-order valence-electron chi connectivity index (χ4n) is 2.34. The predicted molar refractivity (Wildman–Crippen MR) is 98.9 cm³/mol. The Bertz CT molecular complexity index is 872. The van der Waals surface area contributed by atoms with Gasteiger partial charge in [0.05, 0.1) is 6.54 Å². The van der Waals surface area contributed by atoms with E-state index in [1.807, 2.05) is 49.3 Å². The quantitative estimate of drug-likeness (QED) is 0.751. The number of nitrogens with one attached hydrogen (secondary N) is 1.